The topological polar surface area (TPSA) is 92.1 Å². The molecule has 1 aromatic heterocycles. The average molecular weight is 378 g/mol. The van der Waals surface area contributed by atoms with Crippen molar-refractivity contribution in [3.05, 3.63) is 51.3 Å². The highest BCUT2D eigenvalue weighted by Gasteiger charge is 2.18. The van der Waals surface area contributed by atoms with Gasteiger partial charge in [0.1, 0.15) is 18.3 Å². The van der Waals surface area contributed by atoms with Gasteiger partial charge in [-0.2, -0.15) is 5.26 Å². The Morgan fingerprint density at radius 3 is 2.60 bits per heavy atom. The number of nitriles is 1. The van der Waals surface area contributed by atoms with Gasteiger partial charge < -0.3 is 10.1 Å². The molecule has 0 atom stereocenters. The maximum absolute atomic E-state index is 12.2. The van der Waals surface area contributed by atoms with Crippen LogP contribution in [0, 0.1) is 18.3 Å². The number of hydrogen-bond acceptors (Lipinski definition) is 5. The highest BCUT2D eigenvalue weighted by Crippen LogP contribution is 2.33. The molecule has 2 aromatic rings. The number of carbonyl (C=O) groups is 2. The van der Waals surface area contributed by atoms with Gasteiger partial charge in [0.25, 0.3) is 5.91 Å². The van der Waals surface area contributed by atoms with Crippen LogP contribution in [-0.2, 0) is 9.53 Å². The van der Waals surface area contributed by atoms with Crippen LogP contribution in [-0.4, -0.2) is 30.5 Å². The van der Waals surface area contributed by atoms with Crippen molar-refractivity contribution in [2.45, 2.75) is 6.92 Å². The number of amides is 1. The number of halogens is 2. The summed E-state index contributed by atoms with van der Waals surface area (Å²) in [5.74, 6) is -1.15. The third kappa shape index (κ3) is 4.27. The molecule has 0 unspecified atom stereocenters. The quantitative estimate of drug-likeness (QED) is 0.826. The Hall–Kier alpha value is -2.62. The monoisotopic (exact) mass is 377 g/mol. The molecule has 1 amide bonds. The van der Waals surface area contributed by atoms with E-state index in [2.05, 4.69) is 21.1 Å². The number of methoxy groups -OCH3 is 1. The predicted octanol–water partition coefficient (Wildman–Crippen LogP) is 3.14. The minimum Gasteiger partial charge on any atom is -0.468 e. The summed E-state index contributed by atoms with van der Waals surface area (Å²) in [5.41, 5.74) is 1.74. The summed E-state index contributed by atoms with van der Waals surface area (Å²) in [7, 11) is 1.22. The van der Waals surface area contributed by atoms with E-state index in [1.54, 1.807) is 25.1 Å². The van der Waals surface area contributed by atoms with E-state index in [9.17, 15) is 14.9 Å². The zero-order valence-electron chi connectivity index (χ0n) is 13.4. The van der Waals surface area contributed by atoms with Crippen molar-refractivity contribution in [3.63, 3.8) is 0 Å². The highest BCUT2D eigenvalue weighted by molar-refractivity contribution is 6.36. The smallest absolute Gasteiger partial charge is 0.325 e. The van der Waals surface area contributed by atoms with Gasteiger partial charge in [-0.05, 0) is 25.1 Å². The van der Waals surface area contributed by atoms with Gasteiger partial charge in [0.15, 0.2) is 0 Å². The van der Waals surface area contributed by atoms with Crippen molar-refractivity contribution in [1.82, 2.24) is 10.3 Å². The lowest BCUT2D eigenvalue weighted by Gasteiger charge is -2.12. The van der Waals surface area contributed by atoms with E-state index in [4.69, 9.17) is 23.2 Å². The summed E-state index contributed by atoms with van der Waals surface area (Å²) in [5, 5.41) is 12.6. The number of nitrogens with zero attached hydrogens (tertiary/aromatic N) is 2. The van der Waals surface area contributed by atoms with Gasteiger partial charge in [-0.25, -0.2) is 4.98 Å². The lowest BCUT2D eigenvalue weighted by molar-refractivity contribution is -0.139. The number of hydrogen-bond donors (Lipinski definition) is 1. The van der Waals surface area contributed by atoms with Gasteiger partial charge in [-0.3, -0.25) is 9.59 Å². The molecule has 0 aliphatic heterocycles. The fraction of sp³-hybridized carbons (Fsp3) is 0.176. The van der Waals surface area contributed by atoms with E-state index in [-0.39, 0.29) is 12.2 Å². The first kappa shape index (κ1) is 18.7. The predicted molar refractivity (Wildman–Crippen MR) is 93.5 cm³/mol. The minimum atomic E-state index is -0.584. The van der Waals surface area contributed by atoms with Crippen LogP contribution in [0.5, 0.6) is 0 Å². The van der Waals surface area contributed by atoms with Crippen molar-refractivity contribution in [2.75, 3.05) is 13.7 Å². The van der Waals surface area contributed by atoms with E-state index in [0.717, 1.165) is 0 Å². The van der Waals surface area contributed by atoms with E-state index < -0.39 is 11.9 Å². The Labute approximate surface area is 154 Å². The molecule has 0 aliphatic rings. The molecule has 0 radical (unpaired) electrons. The van der Waals surface area contributed by atoms with Crippen molar-refractivity contribution in [2.24, 2.45) is 0 Å². The third-order valence-electron chi connectivity index (χ3n) is 3.39. The normalized spacial score (nSPS) is 10.0. The minimum absolute atomic E-state index is 0.0569. The van der Waals surface area contributed by atoms with E-state index in [1.165, 1.54) is 13.2 Å². The second-order valence-corrected chi connectivity index (χ2v) is 5.85. The molecular formula is C17H13Cl2N3O3. The highest BCUT2D eigenvalue weighted by atomic mass is 35.5. The number of benzene rings is 1. The number of rotatable bonds is 4. The van der Waals surface area contributed by atoms with Crippen LogP contribution in [0.4, 0.5) is 0 Å². The molecule has 0 saturated carbocycles. The van der Waals surface area contributed by atoms with Gasteiger partial charge in [0, 0.05) is 21.2 Å². The Kier molecular flexibility index (Phi) is 5.97. The van der Waals surface area contributed by atoms with Crippen LogP contribution >= 0.6 is 23.2 Å². The summed E-state index contributed by atoms with van der Waals surface area (Å²) in [6.07, 6.45) is 0. The van der Waals surface area contributed by atoms with Crippen LogP contribution < -0.4 is 5.32 Å². The Morgan fingerprint density at radius 1 is 1.28 bits per heavy atom. The maximum atomic E-state index is 12.2. The molecule has 1 heterocycles. The Morgan fingerprint density at radius 2 is 2.00 bits per heavy atom. The second-order valence-electron chi connectivity index (χ2n) is 5.01. The fourth-order valence-corrected chi connectivity index (χ4v) is 2.68. The first-order valence-corrected chi connectivity index (χ1v) is 7.85. The maximum Gasteiger partial charge on any atom is 0.325 e. The van der Waals surface area contributed by atoms with E-state index in [0.29, 0.717) is 32.4 Å². The zero-order chi connectivity index (χ0) is 18.6. The van der Waals surface area contributed by atoms with Crippen LogP contribution in [0.2, 0.25) is 10.0 Å². The van der Waals surface area contributed by atoms with Gasteiger partial charge >= 0.3 is 5.97 Å². The SMILES string of the molecule is COC(=O)CNC(=O)c1cc(-c2ccc(Cl)cc2Cl)c(C#N)c(C)n1. The molecule has 25 heavy (non-hydrogen) atoms. The van der Waals surface area contributed by atoms with Gasteiger partial charge in [-0.1, -0.05) is 29.3 Å². The molecule has 0 fully saturated rings. The molecule has 6 nitrogen and oxygen atoms in total. The van der Waals surface area contributed by atoms with Crippen molar-refractivity contribution in [3.8, 4) is 17.2 Å². The molecule has 1 aromatic carbocycles. The van der Waals surface area contributed by atoms with Crippen molar-refractivity contribution in [1.29, 1.82) is 5.26 Å². The number of aryl methyl sites for hydroxylation is 1. The first-order valence-electron chi connectivity index (χ1n) is 7.09. The van der Waals surface area contributed by atoms with Crippen molar-refractivity contribution < 1.29 is 14.3 Å². The van der Waals surface area contributed by atoms with Crippen LogP contribution in [0.1, 0.15) is 21.7 Å². The largest absolute Gasteiger partial charge is 0.468 e. The first-order chi connectivity index (χ1) is 11.9. The molecule has 0 spiro atoms. The molecule has 8 heteroatoms. The summed E-state index contributed by atoms with van der Waals surface area (Å²) in [4.78, 5) is 27.5. The molecule has 0 saturated heterocycles. The van der Waals surface area contributed by atoms with Gasteiger partial charge in [0.05, 0.1) is 18.4 Å². The molecular weight excluding hydrogens is 365 g/mol. The number of nitrogens with one attached hydrogen (secondary N) is 1. The molecule has 2 rings (SSSR count). The van der Waals surface area contributed by atoms with Crippen LogP contribution in [0.15, 0.2) is 24.3 Å². The lowest BCUT2D eigenvalue weighted by Crippen LogP contribution is -2.31. The number of pyridine rings is 1. The van der Waals surface area contributed by atoms with E-state index >= 15 is 0 Å². The average Bonchev–Trinajstić information content (AvgIpc) is 2.58. The second kappa shape index (κ2) is 7.97. The third-order valence-corrected chi connectivity index (χ3v) is 3.93. The molecule has 128 valence electrons. The lowest BCUT2D eigenvalue weighted by atomic mass is 9.98. The summed E-state index contributed by atoms with van der Waals surface area (Å²) in [6, 6.07) is 8.37. The summed E-state index contributed by atoms with van der Waals surface area (Å²) < 4.78 is 4.47. The van der Waals surface area contributed by atoms with Gasteiger partial charge in [-0.15, -0.1) is 0 Å². The number of esters is 1. The van der Waals surface area contributed by atoms with Crippen LogP contribution in [0.25, 0.3) is 11.1 Å². The number of aromatic nitrogens is 1. The summed E-state index contributed by atoms with van der Waals surface area (Å²) >= 11 is 12.1. The standard InChI is InChI=1S/C17H13Cl2N3O3/c1-9-13(7-20)12(11-4-3-10(18)5-14(11)19)6-15(22-9)17(24)21-8-16(23)25-2/h3-6H,8H2,1-2H3,(H,21,24). The van der Waals surface area contributed by atoms with Gasteiger partial charge in [0.2, 0.25) is 0 Å². The zero-order valence-corrected chi connectivity index (χ0v) is 14.9. The van der Waals surface area contributed by atoms with Crippen LogP contribution in [0.3, 0.4) is 0 Å². The van der Waals surface area contributed by atoms with Crippen molar-refractivity contribution >= 4 is 35.1 Å². The fourth-order valence-electron chi connectivity index (χ4n) is 2.17. The number of ether oxygens (including phenoxy) is 1. The molecule has 0 aliphatic carbocycles. The van der Waals surface area contributed by atoms with E-state index in [1.807, 2.05) is 0 Å². The Bertz CT molecular complexity index is 891. The number of carbonyl (C=O) groups excluding carboxylic acids is 2. The summed E-state index contributed by atoms with van der Waals surface area (Å²) in [6.45, 7) is 1.33. The molecule has 0 bridgehead atoms. The molecule has 1 N–H and O–H groups in total. The Balaban J connectivity index is 2.49.